The van der Waals surface area contributed by atoms with E-state index in [-0.39, 0.29) is 5.52 Å². The summed E-state index contributed by atoms with van der Waals surface area (Å²) in [5.74, 6) is -0.0201. The van der Waals surface area contributed by atoms with E-state index in [0.29, 0.717) is 28.0 Å². The van der Waals surface area contributed by atoms with Crippen molar-refractivity contribution in [1.29, 1.82) is 0 Å². The van der Waals surface area contributed by atoms with Gasteiger partial charge in [-0.15, -0.1) is 0 Å². The first kappa shape index (κ1) is 20.8. The second-order valence-corrected chi connectivity index (χ2v) is 8.04. The van der Waals surface area contributed by atoms with Crippen LogP contribution in [0.4, 0.5) is 17.6 Å². The van der Waals surface area contributed by atoms with E-state index in [1.807, 2.05) is 34.9 Å². The van der Waals surface area contributed by atoms with E-state index in [1.54, 1.807) is 6.07 Å². The molecule has 3 aromatic carbocycles. The molecule has 30 heavy (non-hydrogen) atoms. The smallest absolute Gasteiger partial charge is 0.314 e. The largest absolute Gasteiger partial charge is 0.416 e. The van der Waals surface area contributed by atoms with Crippen LogP contribution in [0.2, 0.25) is 5.02 Å². The SMILES string of the molecule is Fc1ccc(CSc2nc3cc(C(F)(F)F)ccc3n2Cc2ccccc2)c(Cl)c1. The summed E-state index contributed by atoms with van der Waals surface area (Å²) in [6, 6.07) is 17.3. The Hall–Kier alpha value is -2.51. The van der Waals surface area contributed by atoms with E-state index in [0.717, 1.165) is 23.3 Å². The number of hydrogen-bond acceptors (Lipinski definition) is 2. The summed E-state index contributed by atoms with van der Waals surface area (Å²) in [5, 5.41) is 0.862. The normalized spacial score (nSPS) is 11.9. The molecular weight excluding hydrogens is 436 g/mol. The van der Waals surface area contributed by atoms with Crippen molar-refractivity contribution in [1.82, 2.24) is 9.55 Å². The Morgan fingerprint density at radius 2 is 1.73 bits per heavy atom. The predicted molar refractivity (Wildman–Crippen MR) is 111 cm³/mol. The number of hydrogen-bond donors (Lipinski definition) is 0. The zero-order chi connectivity index (χ0) is 21.3. The van der Waals surface area contributed by atoms with Crippen molar-refractivity contribution in [2.75, 3.05) is 0 Å². The fraction of sp³-hybridized carbons (Fsp3) is 0.136. The first-order valence-electron chi connectivity index (χ1n) is 8.99. The van der Waals surface area contributed by atoms with Crippen LogP contribution in [0.25, 0.3) is 11.0 Å². The van der Waals surface area contributed by atoms with Gasteiger partial charge in [-0.2, -0.15) is 13.2 Å². The van der Waals surface area contributed by atoms with Gasteiger partial charge >= 0.3 is 6.18 Å². The highest BCUT2D eigenvalue weighted by Crippen LogP contribution is 2.34. The lowest BCUT2D eigenvalue weighted by Gasteiger charge is -2.10. The van der Waals surface area contributed by atoms with Crippen molar-refractivity contribution in [2.24, 2.45) is 0 Å². The van der Waals surface area contributed by atoms with Crippen molar-refractivity contribution in [3.8, 4) is 0 Å². The molecule has 0 spiro atoms. The summed E-state index contributed by atoms with van der Waals surface area (Å²) >= 11 is 7.45. The number of thioether (sulfide) groups is 1. The van der Waals surface area contributed by atoms with Gasteiger partial charge in [0.05, 0.1) is 23.1 Å². The highest BCUT2D eigenvalue weighted by Gasteiger charge is 2.31. The summed E-state index contributed by atoms with van der Waals surface area (Å²) in [6.45, 7) is 0.461. The molecule has 1 heterocycles. The molecule has 0 aliphatic carbocycles. The molecule has 1 aromatic heterocycles. The zero-order valence-corrected chi connectivity index (χ0v) is 17.0. The minimum atomic E-state index is -4.44. The Bertz CT molecular complexity index is 1190. The predicted octanol–water partition coefficient (Wildman–Crippen LogP) is 7.19. The standard InChI is InChI=1S/C22H15ClF4N2S/c23-18-11-17(24)8-6-15(18)13-30-21-28-19-10-16(22(25,26)27)7-9-20(19)29(21)12-14-4-2-1-3-5-14/h1-11H,12-13H2. The molecule has 2 nitrogen and oxygen atoms in total. The van der Waals surface area contributed by atoms with Gasteiger partial charge in [-0.05, 0) is 41.5 Å². The molecule has 4 aromatic rings. The minimum absolute atomic E-state index is 0.272. The number of nitrogens with zero attached hydrogens (tertiary/aromatic N) is 2. The summed E-state index contributed by atoms with van der Waals surface area (Å²) in [5.41, 5.74) is 1.86. The monoisotopic (exact) mass is 450 g/mol. The molecule has 0 saturated carbocycles. The molecule has 154 valence electrons. The number of halogens is 5. The maximum atomic E-state index is 13.3. The Morgan fingerprint density at radius 3 is 2.43 bits per heavy atom. The molecule has 0 aliphatic rings. The fourth-order valence-electron chi connectivity index (χ4n) is 3.09. The summed E-state index contributed by atoms with van der Waals surface area (Å²) in [7, 11) is 0. The van der Waals surface area contributed by atoms with Crippen LogP contribution in [0.5, 0.6) is 0 Å². The van der Waals surface area contributed by atoms with Gasteiger partial charge in [-0.25, -0.2) is 9.37 Å². The van der Waals surface area contributed by atoms with E-state index < -0.39 is 17.6 Å². The van der Waals surface area contributed by atoms with E-state index in [9.17, 15) is 17.6 Å². The third-order valence-corrected chi connectivity index (χ3v) is 5.97. The van der Waals surface area contributed by atoms with Crippen LogP contribution in [0, 0.1) is 5.82 Å². The van der Waals surface area contributed by atoms with Crippen LogP contribution >= 0.6 is 23.4 Å². The lowest BCUT2D eigenvalue weighted by molar-refractivity contribution is -0.137. The Morgan fingerprint density at radius 1 is 0.967 bits per heavy atom. The maximum Gasteiger partial charge on any atom is 0.416 e. The summed E-state index contributed by atoms with van der Waals surface area (Å²) in [4.78, 5) is 4.45. The molecule has 8 heteroatoms. The topological polar surface area (TPSA) is 17.8 Å². The summed E-state index contributed by atoms with van der Waals surface area (Å²) in [6.07, 6.45) is -4.44. The van der Waals surface area contributed by atoms with Crippen molar-refractivity contribution in [2.45, 2.75) is 23.6 Å². The van der Waals surface area contributed by atoms with Crippen molar-refractivity contribution in [3.05, 3.63) is 94.3 Å². The van der Waals surface area contributed by atoms with Crippen LogP contribution in [-0.4, -0.2) is 9.55 Å². The number of aromatic nitrogens is 2. The lowest BCUT2D eigenvalue weighted by Crippen LogP contribution is -2.05. The van der Waals surface area contributed by atoms with Gasteiger partial charge in [0.15, 0.2) is 5.16 Å². The number of imidazole rings is 1. The highest BCUT2D eigenvalue weighted by molar-refractivity contribution is 7.98. The third-order valence-electron chi connectivity index (χ3n) is 4.60. The maximum absolute atomic E-state index is 13.3. The van der Waals surface area contributed by atoms with E-state index in [2.05, 4.69) is 4.98 Å². The Labute approximate surface area is 179 Å². The van der Waals surface area contributed by atoms with Gasteiger partial charge in [0.2, 0.25) is 0 Å². The molecule has 0 atom stereocenters. The van der Waals surface area contributed by atoms with Gasteiger partial charge < -0.3 is 4.57 Å². The molecule has 0 saturated heterocycles. The highest BCUT2D eigenvalue weighted by atomic mass is 35.5. The molecule has 4 rings (SSSR count). The lowest BCUT2D eigenvalue weighted by atomic mass is 10.2. The molecule has 0 radical (unpaired) electrons. The van der Waals surface area contributed by atoms with Gasteiger partial charge in [0, 0.05) is 10.8 Å². The average molecular weight is 451 g/mol. The third kappa shape index (κ3) is 4.47. The number of rotatable bonds is 5. The number of fused-ring (bicyclic) bond motifs is 1. The zero-order valence-electron chi connectivity index (χ0n) is 15.5. The van der Waals surface area contributed by atoms with Crippen LogP contribution in [0.3, 0.4) is 0 Å². The molecule has 0 unspecified atom stereocenters. The Kier molecular flexibility index (Phi) is 5.75. The van der Waals surface area contributed by atoms with E-state index in [1.165, 1.54) is 30.0 Å². The minimum Gasteiger partial charge on any atom is -0.314 e. The summed E-state index contributed by atoms with van der Waals surface area (Å²) < 4.78 is 54.6. The van der Waals surface area contributed by atoms with E-state index >= 15 is 0 Å². The molecule has 0 amide bonds. The molecular formula is C22H15ClF4N2S. The van der Waals surface area contributed by atoms with Crippen LogP contribution in [-0.2, 0) is 18.5 Å². The molecule has 0 N–H and O–H groups in total. The first-order chi connectivity index (χ1) is 14.3. The Balaban J connectivity index is 1.72. The molecule has 0 fully saturated rings. The van der Waals surface area contributed by atoms with Crippen LogP contribution < -0.4 is 0 Å². The fourth-order valence-corrected chi connectivity index (χ4v) is 4.43. The van der Waals surface area contributed by atoms with Gasteiger partial charge in [-0.3, -0.25) is 0 Å². The van der Waals surface area contributed by atoms with E-state index in [4.69, 9.17) is 11.6 Å². The van der Waals surface area contributed by atoms with Gasteiger partial charge in [0.25, 0.3) is 0 Å². The molecule has 0 bridgehead atoms. The van der Waals surface area contributed by atoms with Crippen LogP contribution in [0.1, 0.15) is 16.7 Å². The first-order valence-corrected chi connectivity index (χ1v) is 10.4. The quantitative estimate of drug-likeness (QED) is 0.236. The van der Waals surface area contributed by atoms with Crippen molar-refractivity contribution < 1.29 is 17.6 Å². The second-order valence-electron chi connectivity index (χ2n) is 6.69. The van der Waals surface area contributed by atoms with Gasteiger partial charge in [-0.1, -0.05) is 59.8 Å². The number of alkyl halides is 3. The number of benzene rings is 3. The average Bonchev–Trinajstić information content (AvgIpc) is 3.04. The second kappa shape index (κ2) is 8.32. The van der Waals surface area contributed by atoms with Crippen molar-refractivity contribution >= 4 is 34.4 Å². The van der Waals surface area contributed by atoms with Gasteiger partial charge in [0.1, 0.15) is 5.82 Å². The van der Waals surface area contributed by atoms with Crippen LogP contribution in [0.15, 0.2) is 71.9 Å². The van der Waals surface area contributed by atoms with Crippen molar-refractivity contribution in [3.63, 3.8) is 0 Å². The molecule has 0 aliphatic heterocycles.